The first-order valence-electron chi connectivity index (χ1n) is 12.2. The lowest BCUT2D eigenvalue weighted by Crippen LogP contribution is -2.27. The molecule has 0 spiro atoms. The van der Waals surface area contributed by atoms with E-state index in [0.717, 1.165) is 16.5 Å². The van der Waals surface area contributed by atoms with Crippen LogP contribution < -0.4 is 5.56 Å². The fourth-order valence-electron chi connectivity index (χ4n) is 4.46. The van der Waals surface area contributed by atoms with E-state index in [4.69, 9.17) is 9.15 Å². The lowest BCUT2D eigenvalue weighted by molar-refractivity contribution is -0.142. The molecule has 37 heavy (non-hydrogen) atoms. The van der Waals surface area contributed by atoms with Crippen LogP contribution in [0.1, 0.15) is 33.8 Å². The first-order chi connectivity index (χ1) is 18.0. The molecule has 2 heterocycles. The molecule has 0 unspecified atom stereocenters. The molecule has 7 nitrogen and oxygen atoms in total. The molecule has 0 bridgehead atoms. The Labute approximate surface area is 213 Å². The van der Waals surface area contributed by atoms with Crippen LogP contribution in [-0.2, 0) is 28.9 Å². The number of carbonyl (C=O) groups excluding carboxylic acids is 2. The summed E-state index contributed by atoms with van der Waals surface area (Å²) in [6, 6.07) is 24.8. The van der Waals surface area contributed by atoms with E-state index in [-0.39, 0.29) is 24.2 Å². The molecular formula is C30H26N2O5. The molecule has 0 amide bonds. The van der Waals surface area contributed by atoms with E-state index in [1.54, 1.807) is 17.6 Å². The molecule has 3 aromatic carbocycles. The number of rotatable bonds is 9. The van der Waals surface area contributed by atoms with Crippen LogP contribution in [0.25, 0.3) is 22.0 Å². The number of hydrogen-bond donors (Lipinski definition) is 0. The zero-order chi connectivity index (χ0) is 25.8. The summed E-state index contributed by atoms with van der Waals surface area (Å²) < 4.78 is 12.6. The smallest absolute Gasteiger partial charge is 0.306 e. The van der Waals surface area contributed by atoms with E-state index in [0.29, 0.717) is 35.3 Å². The van der Waals surface area contributed by atoms with Crippen molar-refractivity contribution in [3.63, 3.8) is 0 Å². The first kappa shape index (κ1) is 24.2. The van der Waals surface area contributed by atoms with Crippen molar-refractivity contribution in [2.75, 3.05) is 6.61 Å². The largest absolute Gasteiger partial charge is 0.457 e. The topological polar surface area (TPSA) is 91.4 Å². The van der Waals surface area contributed by atoms with E-state index in [1.165, 1.54) is 0 Å². The van der Waals surface area contributed by atoms with Gasteiger partial charge in [0.15, 0.2) is 12.4 Å². The number of Topliss-reactive ketones (excluding diaryl/α,β-unsaturated/α-hetero) is 1. The summed E-state index contributed by atoms with van der Waals surface area (Å²) in [7, 11) is 0. The van der Waals surface area contributed by atoms with E-state index in [1.807, 2.05) is 72.8 Å². The van der Waals surface area contributed by atoms with Crippen LogP contribution >= 0.6 is 0 Å². The highest BCUT2D eigenvalue weighted by atomic mass is 16.5. The zero-order valence-corrected chi connectivity index (χ0v) is 20.5. The summed E-state index contributed by atoms with van der Waals surface area (Å²) in [5.74, 6) is -0.798. The van der Waals surface area contributed by atoms with Gasteiger partial charge in [-0.3, -0.25) is 14.4 Å². The second-order valence-electron chi connectivity index (χ2n) is 8.88. The SMILES string of the molecule is Cc1c(C(=O)COC(=O)CCc2nc3ccccc3n(CCc3ccccc3)c2=O)oc2ccccc12. The van der Waals surface area contributed by atoms with Crippen molar-refractivity contribution in [3.05, 3.63) is 112 Å². The maximum atomic E-state index is 13.3. The Kier molecular flexibility index (Phi) is 6.94. The Morgan fingerprint density at radius 3 is 2.46 bits per heavy atom. The molecule has 0 N–H and O–H groups in total. The number of aryl methyl sites for hydroxylation is 4. The highest BCUT2D eigenvalue weighted by molar-refractivity contribution is 6.01. The molecule has 0 aliphatic carbocycles. The number of hydrogen-bond acceptors (Lipinski definition) is 6. The summed E-state index contributed by atoms with van der Waals surface area (Å²) in [6.07, 6.45) is 0.747. The molecule has 0 atom stereocenters. The average Bonchev–Trinajstić information content (AvgIpc) is 3.27. The normalized spacial score (nSPS) is 11.2. The maximum absolute atomic E-state index is 13.3. The fourth-order valence-corrected chi connectivity index (χ4v) is 4.46. The number of fused-ring (bicyclic) bond motifs is 2. The lowest BCUT2D eigenvalue weighted by Gasteiger charge is -2.12. The van der Waals surface area contributed by atoms with Crippen LogP contribution in [0.3, 0.4) is 0 Å². The van der Waals surface area contributed by atoms with E-state index < -0.39 is 18.4 Å². The van der Waals surface area contributed by atoms with Crippen molar-refractivity contribution in [2.24, 2.45) is 0 Å². The van der Waals surface area contributed by atoms with E-state index in [9.17, 15) is 14.4 Å². The molecule has 2 aromatic heterocycles. The number of ketones is 1. The highest BCUT2D eigenvalue weighted by Crippen LogP contribution is 2.25. The third-order valence-electron chi connectivity index (χ3n) is 6.41. The summed E-state index contributed by atoms with van der Waals surface area (Å²) in [5, 5.41) is 0.850. The molecular weight excluding hydrogens is 468 g/mol. The predicted octanol–water partition coefficient (Wildman–Crippen LogP) is 5.05. The minimum atomic E-state index is -0.577. The Hall–Kier alpha value is -4.52. The summed E-state index contributed by atoms with van der Waals surface area (Å²) in [6.45, 7) is 1.87. The predicted molar refractivity (Wildman–Crippen MR) is 141 cm³/mol. The van der Waals surface area contributed by atoms with Crippen LogP contribution in [0, 0.1) is 6.92 Å². The van der Waals surface area contributed by atoms with Gasteiger partial charge in [0.25, 0.3) is 5.56 Å². The van der Waals surface area contributed by atoms with Gasteiger partial charge in [-0.15, -0.1) is 0 Å². The maximum Gasteiger partial charge on any atom is 0.306 e. The molecule has 0 fully saturated rings. The monoisotopic (exact) mass is 494 g/mol. The standard InChI is InChI=1S/C30H26N2O5/c1-20-22-11-5-8-14-27(22)37-29(20)26(33)19-36-28(34)16-15-24-30(35)32(18-17-21-9-3-2-4-10-21)25-13-7-6-12-23(25)31-24/h2-14H,15-19H2,1H3. The van der Waals surface area contributed by atoms with Gasteiger partial charge in [0.05, 0.1) is 17.5 Å². The van der Waals surface area contributed by atoms with Gasteiger partial charge in [0.1, 0.15) is 11.3 Å². The quantitative estimate of drug-likeness (QED) is 0.210. The van der Waals surface area contributed by atoms with Crippen LogP contribution in [0.2, 0.25) is 0 Å². The highest BCUT2D eigenvalue weighted by Gasteiger charge is 2.19. The van der Waals surface area contributed by atoms with Gasteiger partial charge in [0, 0.05) is 23.9 Å². The van der Waals surface area contributed by atoms with Gasteiger partial charge >= 0.3 is 5.97 Å². The van der Waals surface area contributed by atoms with Gasteiger partial charge < -0.3 is 13.7 Å². The minimum absolute atomic E-state index is 0.0638. The van der Waals surface area contributed by atoms with Crippen LogP contribution in [0.5, 0.6) is 0 Å². The minimum Gasteiger partial charge on any atom is -0.457 e. The van der Waals surface area contributed by atoms with Crippen LogP contribution in [0.15, 0.2) is 88.1 Å². The van der Waals surface area contributed by atoms with E-state index in [2.05, 4.69) is 4.98 Å². The van der Waals surface area contributed by atoms with Crippen molar-refractivity contribution in [3.8, 4) is 0 Å². The number of benzene rings is 3. The van der Waals surface area contributed by atoms with Gasteiger partial charge in [-0.2, -0.15) is 0 Å². The third-order valence-corrected chi connectivity index (χ3v) is 6.41. The van der Waals surface area contributed by atoms with Gasteiger partial charge in [-0.1, -0.05) is 60.7 Å². The molecule has 7 heteroatoms. The molecule has 5 rings (SSSR count). The van der Waals surface area contributed by atoms with Crippen molar-refractivity contribution < 1.29 is 18.7 Å². The van der Waals surface area contributed by atoms with E-state index >= 15 is 0 Å². The number of para-hydroxylation sites is 3. The van der Waals surface area contributed by atoms with Gasteiger partial charge in [-0.05, 0) is 37.1 Å². The number of aromatic nitrogens is 2. The molecule has 186 valence electrons. The number of carbonyl (C=O) groups is 2. The molecule has 0 saturated carbocycles. The number of esters is 1. The summed E-state index contributed by atoms with van der Waals surface area (Å²) in [4.78, 5) is 42.8. The molecule has 0 aliphatic rings. The number of ether oxygens (including phenoxy) is 1. The van der Waals surface area contributed by atoms with Crippen molar-refractivity contribution in [2.45, 2.75) is 32.7 Å². The molecule has 0 radical (unpaired) electrons. The van der Waals surface area contributed by atoms with Crippen LogP contribution in [0.4, 0.5) is 0 Å². The Morgan fingerprint density at radius 1 is 0.919 bits per heavy atom. The zero-order valence-electron chi connectivity index (χ0n) is 20.5. The summed E-state index contributed by atoms with van der Waals surface area (Å²) >= 11 is 0. The number of furan rings is 1. The average molecular weight is 495 g/mol. The lowest BCUT2D eigenvalue weighted by atomic mass is 10.1. The van der Waals surface area contributed by atoms with Gasteiger partial charge in [-0.25, -0.2) is 4.98 Å². The molecule has 5 aromatic rings. The Balaban J connectivity index is 1.26. The summed E-state index contributed by atoms with van der Waals surface area (Å²) in [5.41, 5.74) is 3.97. The van der Waals surface area contributed by atoms with Crippen LogP contribution in [-0.4, -0.2) is 27.9 Å². The Morgan fingerprint density at radius 2 is 1.65 bits per heavy atom. The molecule has 0 aliphatic heterocycles. The third kappa shape index (κ3) is 5.21. The first-order valence-corrected chi connectivity index (χ1v) is 12.2. The second-order valence-corrected chi connectivity index (χ2v) is 8.88. The number of nitrogens with zero attached hydrogens (tertiary/aromatic N) is 2. The Bertz CT molecular complexity index is 1650. The van der Waals surface area contributed by atoms with Crippen molar-refractivity contribution >= 4 is 33.8 Å². The molecule has 0 saturated heterocycles. The van der Waals surface area contributed by atoms with Crippen molar-refractivity contribution in [1.82, 2.24) is 9.55 Å². The van der Waals surface area contributed by atoms with Gasteiger partial charge in [0.2, 0.25) is 5.78 Å². The fraction of sp³-hybridized carbons (Fsp3) is 0.200. The van der Waals surface area contributed by atoms with Crippen molar-refractivity contribution in [1.29, 1.82) is 0 Å². The second kappa shape index (κ2) is 10.6.